The number of hydrogen-bond donors (Lipinski definition) is 3. The van der Waals surface area contributed by atoms with E-state index >= 15 is 0 Å². The highest BCUT2D eigenvalue weighted by Crippen LogP contribution is 2.29. The fourth-order valence-electron chi connectivity index (χ4n) is 2.06. The zero-order valence-corrected chi connectivity index (χ0v) is 11.0. The van der Waals surface area contributed by atoms with E-state index in [1.807, 2.05) is 0 Å². The zero-order valence-electron chi connectivity index (χ0n) is 10.2. The molecule has 18 heavy (non-hydrogen) atoms. The Balaban J connectivity index is 2.01. The van der Waals surface area contributed by atoms with Gasteiger partial charge in [-0.15, -0.1) is 0 Å². The lowest BCUT2D eigenvalue weighted by atomic mass is 9.83. The van der Waals surface area contributed by atoms with Crippen molar-refractivity contribution >= 4 is 21.4 Å². The highest BCUT2D eigenvalue weighted by Gasteiger charge is 2.16. The van der Waals surface area contributed by atoms with Gasteiger partial charge < -0.3 is 11.1 Å². The van der Waals surface area contributed by atoms with Gasteiger partial charge in [0.1, 0.15) is 0 Å². The zero-order chi connectivity index (χ0) is 13.2. The van der Waals surface area contributed by atoms with Crippen molar-refractivity contribution in [1.29, 1.82) is 0 Å². The van der Waals surface area contributed by atoms with Crippen LogP contribution in [0.5, 0.6) is 0 Å². The Bertz CT molecular complexity index is 524. The van der Waals surface area contributed by atoms with Crippen LogP contribution >= 0.6 is 0 Å². The number of rotatable bonds is 5. The largest absolute Gasteiger partial charge is 0.397 e. The minimum Gasteiger partial charge on any atom is -0.397 e. The van der Waals surface area contributed by atoms with Gasteiger partial charge in [-0.3, -0.25) is 0 Å². The van der Waals surface area contributed by atoms with Gasteiger partial charge in [-0.2, -0.15) is 0 Å². The number of benzene rings is 1. The molecule has 5 nitrogen and oxygen atoms in total. The monoisotopic (exact) mass is 269 g/mol. The van der Waals surface area contributed by atoms with Crippen LogP contribution in [0.1, 0.15) is 25.7 Å². The lowest BCUT2D eigenvalue weighted by molar-refractivity contribution is 0.303. The highest BCUT2D eigenvalue weighted by molar-refractivity contribution is 7.89. The van der Waals surface area contributed by atoms with Crippen molar-refractivity contribution in [3.8, 4) is 0 Å². The van der Waals surface area contributed by atoms with Crippen LogP contribution < -0.4 is 16.2 Å². The minimum absolute atomic E-state index is 0.0860. The van der Waals surface area contributed by atoms with E-state index in [4.69, 9.17) is 10.9 Å². The van der Waals surface area contributed by atoms with E-state index in [-0.39, 0.29) is 4.90 Å². The summed E-state index contributed by atoms with van der Waals surface area (Å²) in [6.45, 7) is 0.808. The molecule has 1 aromatic rings. The second-order valence-corrected chi connectivity index (χ2v) is 6.37. The number of nitrogens with two attached hydrogens (primary N) is 2. The van der Waals surface area contributed by atoms with Crippen molar-refractivity contribution in [1.82, 2.24) is 0 Å². The van der Waals surface area contributed by atoms with Crippen LogP contribution in [0.25, 0.3) is 0 Å². The van der Waals surface area contributed by atoms with Gasteiger partial charge in [0, 0.05) is 6.54 Å². The predicted molar refractivity (Wildman–Crippen MR) is 72.7 cm³/mol. The fourth-order valence-corrected chi connectivity index (χ4v) is 2.60. The van der Waals surface area contributed by atoms with Crippen LogP contribution in [-0.2, 0) is 10.0 Å². The molecule has 100 valence electrons. The first-order valence-electron chi connectivity index (χ1n) is 6.13. The number of hydrogen-bond acceptors (Lipinski definition) is 4. The Labute approximate surface area is 108 Å². The molecule has 0 atom stereocenters. The lowest BCUT2D eigenvalue weighted by Crippen LogP contribution is -2.17. The van der Waals surface area contributed by atoms with Crippen molar-refractivity contribution < 1.29 is 8.42 Å². The maximum atomic E-state index is 11.2. The van der Waals surface area contributed by atoms with E-state index in [9.17, 15) is 8.42 Å². The maximum Gasteiger partial charge on any atom is 0.238 e. The van der Waals surface area contributed by atoms with Gasteiger partial charge in [-0.05, 0) is 30.5 Å². The predicted octanol–water partition coefficient (Wildman–Crippen LogP) is 1.52. The van der Waals surface area contributed by atoms with Gasteiger partial charge in [0.2, 0.25) is 10.0 Å². The van der Waals surface area contributed by atoms with Crippen molar-refractivity contribution in [2.24, 2.45) is 11.1 Å². The molecule has 0 saturated heterocycles. The van der Waals surface area contributed by atoms with E-state index in [0.717, 1.165) is 18.9 Å². The highest BCUT2D eigenvalue weighted by atomic mass is 32.2. The van der Waals surface area contributed by atoms with Crippen LogP contribution in [0.2, 0.25) is 0 Å². The Morgan fingerprint density at radius 3 is 2.61 bits per heavy atom. The van der Waals surface area contributed by atoms with Gasteiger partial charge in [-0.1, -0.05) is 19.3 Å². The Hall–Kier alpha value is -1.27. The molecule has 0 heterocycles. The smallest absolute Gasteiger partial charge is 0.238 e. The van der Waals surface area contributed by atoms with Crippen LogP contribution in [-0.4, -0.2) is 15.0 Å². The molecule has 1 aromatic carbocycles. The van der Waals surface area contributed by atoms with E-state index < -0.39 is 10.0 Å². The molecule has 1 aliphatic rings. The number of sulfonamides is 1. The summed E-state index contributed by atoms with van der Waals surface area (Å²) in [6, 6.07) is 4.47. The van der Waals surface area contributed by atoms with E-state index in [0.29, 0.717) is 11.4 Å². The molecule has 6 heteroatoms. The molecule has 0 amide bonds. The number of nitrogens with one attached hydrogen (secondary N) is 1. The number of anilines is 2. The van der Waals surface area contributed by atoms with Crippen LogP contribution in [0.15, 0.2) is 23.1 Å². The Kier molecular flexibility index (Phi) is 3.77. The summed E-state index contributed by atoms with van der Waals surface area (Å²) in [5, 5.41) is 8.27. The maximum absolute atomic E-state index is 11.2. The summed E-state index contributed by atoms with van der Waals surface area (Å²) >= 11 is 0. The molecule has 0 aromatic heterocycles. The summed E-state index contributed by atoms with van der Waals surface area (Å²) in [7, 11) is -3.67. The summed E-state index contributed by atoms with van der Waals surface area (Å²) in [6.07, 6.45) is 5.02. The average Bonchev–Trinajstić information content (AvgIpc) is 2.22. The second-order valence-electron chi connectivity index (χ2n) is 4.81. The lowest BCUT2D eigenvalue weighted by Gasteiger charge is -2.25. The van der Waals surface area contributed by atoms with E-state index in [2.05, 4.69) is 5.32 Å². The number of nitrogen functional groups attached to an aromatic ring is 1. The molecular weight excluding hydrogens is 250 g/mol. The second kappa shape index (κ2) is 5.16. The van der Waals surface area contributed by atoms with Crippen LogP contribution in [0.3, 0.4) is 0 Å². The van der Waals surface area contributed by atoms with Gasteiger partial charge in [0.05, 0.1) is 16.3 Å². The molecular formula is C12H19N3O2S. The summed E-state index contributed by atoms with van der Waals surface area (Å²) in [5.41, 5.74) is 6.98. The molecule has 0 unspecified atom stereocenters. The average molecular weight is 269 g/mol. The molecule has 1 fully saturated rings. The van der Waals surface area contributed by atoms with Gasteiger partial charge in [0.15, 0.2) is 0 Å². The van der Waals surface area contributed by atoms with Gasteiger partial charge in [-0.25, -0.2) is 13.6 Å². The fraction of sp³-hybridized carbons (Fsp3) is 0.500. The van der Waals surface area contributed by atoms with Crippen LogP contribution in [0.4, 0.5) is 11.4 Å². The topological polar surface area (TPSA) is 98.2 Å². The molecule has 1 aliphatic carbocycles. The minimum atomic E-state index is -3.67. The normalized spacial score (nSPS) is 16.3. The van der Waals surface area contributed by atoms with Crippen molar-refractivity contribution in [2.75, 3.05) is 17.6 Å². The van der Waals surface area contributed by atoms with Crippen molar-refractivity contribution in [3.05, 3.63) is 18.2 Å². The third-order valence-corrected chi connectivity index (χ3v) is 4.36. The molecule has 0 radical (unpaired) electrons. The van der Waals surface area contributed by atoms with Crippen LogP contribution in [0, 0.1) is 5.92 Å². The molecule has 0 bridgehead atoms. The summed E-state index contributed by atoms with van der Waals surface area (Å²) in [4.78, 5) is 0.0860. The third-order valence-electron chi connectivity index (χ3n) is 3.45. The van der Waals surface area contributed by atoms with Crippen molar-refractivity contribution in [2.45, 2.75) is 30.6 Å². The van der Waals surface area contributed by atoms with Gasteiger partial charge in [0.25, 0.3) is 0 Å². The summed E-state index contributed by atoms with van der Waals surface area (Å²) in [5.74, 6) is 0.806. The SMILES string of the molecule is Nc1ccc(S(N)(=O)=O)cc1NCCC1CCC1. The molecule has 0 aliphatic heterocycles. The standard InChI is InChI=1S/C12H19N3O2S/c13-11-5-4-10(18(14,16)17)8-12(11)15-7-6-9-2-1-3-9/h4-5,8-9,15H,1-3,6-7,13H2,(H2,14,16,17). The first kappa shape index (κ1) is 13.2. The van der Waals surface area contributed by atoms with E-state index in [1.165, 1.54) is 31.4 Å². The first-order valence-corrected chi connectivity index (χ1v) is 7.67. The van der Waals surface area contributed by atoms with E-state index in [1.54, 1.807) is 6.07 Å². The molecule has 0 spiro atoms. The quantitative estimate of drug-likeness (QED) is 0.706. The number of primary sulfonamides is 1. The van der Waals surface area contributed by atoms with Crippen molar-refractivity contribution in [3.63, 3.8) is 0 Å². The Morgan fingerprint density at radius 2 is 2.06 bits per heavy atom. The molecule has 5 N–H and O–H groups in total. The third kappa shape index (κ3) is 3.14. The molecule has 2 rings (SSSR count). The first-order chi connectivity index (χ1) is 8.47. The molecule has 1 saturated carbocycles. The summed E-state index contributed by atoms with van der Waals surface area (Å²) < 4.78 is 22.5. The van der Waals surface area contributed by atoms with Gasteiger partial charge >= 0.3 is 0 Å². The Morgan fingerprint density at radius 1 is 1.33 bits per heavy atom.